The summed E-state index contributed by atoms with van der Waals surface area (Å²) in [5.74, 6) is 0.292. The minimum absolute atomic E-state index is 0.118. The van der Waals surface area contributed by atoms with Gasteiger partial charge >= 0.3 is 0 Å². The van der Waals surface area contributed by atoms with Crippen molar-refractivity contribution in [2.45, 2.75) is 36.7 Å². The van der Waals surface area contributed by atoms with Crippen LogP contribution in [0.4, 0.5) is 0 Å². The van der Waals surface area contributed by atoms with Crippen LogP contribution in [-0.2, 0) is 10.0 Å². The molecule has 2 rings (SSSR count). The van der Waals surface area contributed by atoms with Crippen molar-refractivity contribution in [2.24, 2.45) is 5.92 Å². The van der Waals surface area contributed by atoms with Gasteiger partial charge in [-0.1, -0.05) is 23.7 Å². The first kappa shape index (κ1) is 14.8. The Bertz CT molecular complexity index is 524. The lowest BCUT2D eigenvalue weighted by atomic mass is 9.88. The van der Waals surface area contributed by atoms with Crippen molar-refractivity contribution in [3.63, 3.8) is 0 Å². The van der Waals surface area contributed by atoms with E-state index in [1.807, 2.05) is 0 Å². The molecule has 0 radical (unpaired) electrons. The molecule has 6 heteroatoms. The molecular formula is C13H18ClNO3S. The number of hydrogen-bond acceptors (Lipinski definition) is 3. The number of nitrogens with one attached hydrogen (secondary N) is 1. The van der Waals surface area contributed by atoms with Crippen LogP contribution in [0.1, 0.15) is 25.7 Å². The van der Waals surface area contributed by atoms with Crippen molar-refractivity contribution in [3.8, 4) is 0 Å². The molecular weight excluding hydrogens is 286 g/mol. The van der Waals surface area contributed by atoms with E-state index in [0.717, 1.165) is 25.7 Å². The van der Waals surface area contributed by atoms with Gasteiger partial charge in [-0.25, -0.2) is 13.1 Å². The number of hydrogen-bond donors (Lipinski definition) is 2. The van der Waals surface area contributed by atoms with Gasteiger partial charge in [-0.05, 0) is 43.7 Å². The molecule has 0 aromatic heterocycles. The Kier molecular flexibility index (Phi) is 4.84. The number of sulfonamides is 1. The highest BCUT2D eigenvalue weighted by molar-refractivity contribution is 7.89. The lowest BCUT2D eigenvalue weighted by molar-refractivity contribution is 0.109. The highest BCUT2D eigenvalue weighted by Gasteiger charge is 2.22. The fraction of sp³-hybridized carbons (Fsp3) is 0.538. The van der Waals surface area contributed by atoms with Gasteiger partial charge in [0.25, 0.3) is 0 Å². The Balaban J connectivity index is 1.97. The van der Waals surface area contributed by atoms with Crippen LogP contribution in [0.2, 0.25) is 5.02 Å². The predicted molar refractivity (Wildman–Crippen MR) is 74.6 cm³/mol. The zero-order chi connectivity index (χ0) is 13.9. The lowest BCUT2D eigenvalue weighted by Crippen LogP contribution is -2.32. The zero-order valence-corrected chi connectivity index (χ0v) is 12.1. The van der Waals surface area contributed by atoms with E-state index in [0.29, 0.717) is 12.5 Å². The Hall–Kier alpha value is -0.620. The van der Waals surface area contributed by atoms with E-state index < -0.39 is 10.0 Å². The molecule has 1 aliphatic rings. The normalized spacial score (nSPS) is 24.3. The smallest absolute Gasteiger partial charge is 0.242 e. The molecule has 1 fully saturated rings. The van der Waals surface area contributed by atoms with Gasteiger partial charge in [0.05, 0.1) is 11.1 Å². The van der Waals surface area contributed by atoms with Crippen molar-refractivity contribution in [3.05, 3.63) is 29.3 Å². The minimum Gasteiger partial charge on any atom is -0.393 e. The number of aliphatic hydroxyl groups is 1. The fourth-order valence-corrected chi connectivity index (χ4v) is 3.95. The molecule has 0 unspecified atom stereocenters. The second-order valence-corrected chi connectivity index (χ2v) is 7.10. The van der Waals surface area contributed by atoms with E-state index >= 15 is 0 Å². The van der Waals surface area contributed by atoms with Gasteiger partial charge in [0.2, 0.25) is 10.0 Å². The van der Waals surface area contributed by atoms with E-state index in [4.69, 9.17) is 11.6 Å². The minimum atomic E-state index is -3.55. The molecule has 4 nitrogen and oxygen atoms in total. The quantitative estimate of drug-likeness (QED) is 0.896. The maximum atomic E-state index is 12.1. The van der Waals surface area contributed by atoms with E-state index in [-0.39, 0.29) is 16.0 Å². The third-order valence-electron chi connectivity index (χ3n) is 3.50. The summed E-state index contributed by atoms with van der Waals surface area (Å²) in [6, 6.07) is 6.41. The summed E-state index contributed by atoms with van der Waals surface area (Å²) in [6.45, 7) is 0.403. The van der Waals surface area contributed by atoms with Gasteiger partial charge in [-0.3, -0.25) is 0 Å². The van der Waals surface area contributed by atoms with Gasteiger partial charge in [-0.2, -0.15) is 0 Å². The second-order valence-electron chi connectivity index (χ2n) is 4.96. The molecule has 0 bridgehead atoms. The summed E-state index contributed by atoms with van der Waals surface area (Å²) in [5, 5.41) is 9.64. The molecule has 0 spiro atoms. The van der Waals surface area contributed by atoms with Crippen molar-refractivity contribution in [1.82, 2.24) is 4.72 Å². The third-order valence-corrected chi connectivity index (χ3v) is 5.43. The summed E-state index contributed by atoms with van der Waals surface area (Å²) < 4.78 is 26.8. The molecule has 1 aromatic rings. The van der Waals surface area contributed by atoms with E-state index in [9.17, 15) is 13.5 Å². The fourth-order valence-electron chi connectivity index (χ4n) is 2.32. The summed E-state index contributed by atoms with van der Waals surface area (Å²) in [5.41, 5.74) is 0. The number of benzene rings is 1. The predicted octanol–water partition coefficient (Wildman–Crippen LogP) is 2.17. The Morgan fingerprint density at radius 2 is 1.84 bits per heavy atom. The topological polar surface area (TPSA) is 66.4 Å². The maximum Gasteiger partial charge on any atom is 0.242 e. The van der Waals surface area contributed by atoms with Crippen LogP contribution in [0.25, 0.3) is 0 Å². The molecule has 19 heavy (non-hydrogen) atoms. The largest absolute Gasteiger partial charge is 0.393 e. The van der Waals surface area contributed by atoms with E-state index in [2.05, 4.69) is 4.72 Å². The number of aliphatic hydroxyl groups excluding tert-OH is 1. The average Bonchev–Trinajstić information content (AvgIpc) is 2.38. The van der Waals surface area contributed by atoms with Gasteiger partial charge in [0, 0.05) is 6.54 Å². The van der Waals surface area contributed by atoms with Crippen molar-refractivity contribution >= 4 is 21.6 Å². The van der Waals surface area contributed by atoms with Crippen LogP contribution in [-0.4, -0.2) is 26.2 Å². The zero-order valence-electron chi connectivity index (χ0n) is 10.5. The first-order valence-electron chi connectivity index (χ1n) is 6.41. The average molecular weight is 304 g/mol. The monoisotopic (exact) mass is 303 g/mol. The van der Waals surface area contributed by atoms with Gasteiger partial charge in [-0.15, -0.1) is 0 Å². The molecule has 1 saturated carbocycles. The van der Waals surface area contributed by atoms with Crippen LogP contribution in [0, 0.1) is 5.92 Å². The van der Waals surface area contributed by atoms with E-state index in [1.165, 1.54) is 6.07 Å². The Morgan fingerprint density at radius 3 is 2.47 bits per heavy atom. The summed E-state index contributed by atoms with van der Waals surface area (Å²) >= 11 is 5.90. The molecule has 106 valence electrons. The van der Waals surface area contributed by atoms with Crippen LogP contribution in [0.15, 0.2) is 29.2 Å². The van der Waals surface area contributed by atoms with Gasteiger partial charge in [0.1, 0.15) is 4.90 Å². The summed E-state index contributed by atoms with van der Waals surface area (Å²) in [7, 11) is -3.55. The molecule has 0 aliphatic heterocycles. The van der Waals surface area contributed by atoms with Crippen molar-refractivity contribution < 1.29 is 13.5 Å². The first-order chi connectivity index (χ1) is 8.99. The number of rotatable bonds is 4. The van der Waals surface area contributed by atoms with Crippen LogP contribution in [0.5, 0.6) is 0 Å². The Labute approximate surface area is 118 Å². The Morgan fingerprint density at radius 1 is 1.21 bits per heavy atom. The summed E-state index contributed by atoms with van der Waals surface area (Å²) in [4.78, 5) is 0.118. The van der Waals surface area contributed by atoms with E-state index in [1.54, 1.807) is 18.2 Å². The van der Waals surface area contributed by atoms with Crippen LogP contribution >= 0.6 is 11.6 Å². The number of halogens is 1. The van der Waals surface area contributed by atoms with Gasteiger partial charge in [0.15, 0.2) is 0 Å². The second kappa shape index (κ2) is 6.22. The van der Waals surface area contributed by atoms with Crippen LogP contribution in [0.3, 0.4) is 0 Å². The van der Waals surface area contributed by atoms with Crippen LogP contribution < -0.4 is 4.72 Å². The molecule has 0 heterocycles. The van der Waals surface area contributed by atoms with Crippen molar-refractivity contribution in [1.29, 1.82) is 0 Å². The highest BCUT2D eigenvalue weighted by Crippen LogP contribution is 2.25. The molecule has 0 atom stereocenters. The van der Waals surface area contributed by atoms with Crippen molar-refractivity contribution in [2.75, 3.05) is 6.54 Å². The molecule has 2 N–H and O–H groups in total. The molecule has 0 amide bonds. The third kappa shape index (κ3) is 3.92. The summed E-state index contributed by atoms with van der Waals surface area (Å²) in [6.07, 6.45) is 2.98. The standard InChI is InChI=1S/C13H18ClNO3S/c14-12-3-1-2-4-13(12)19(17,18)15-9-10-5-7-11(16)8-6-10/h1-4,10-11,15-16H,5-9H2. The molecule has 1 aromatic carbocycles. The maximum absolute atomic E-state index is 12.1. The molecule has 1 aliphatic carbocycles. The van der Waals surface area contributed by atoms with Gasteiger partial charge < -0.3 is 5.11 Å². The first-order valence-corrected chi connectivity index (χ1v) is 8.27. The highest BCUT2D eigenvalue weighted by atomic mass is 35.5. The SMILES string of the molecule is O=S(=O)(NCC1CCC(O)CC1)c1ccccc1Cl. The lowest BCUT2D eigenvalue weighted by Gasteiger charge is -2.25. The molecule has 0 saturated heterocycles.